The first-order chi connectivity index (χ1) is 8.94. The van der Waals surface area contributed by atoms with Gasteiger partial charge in [-0.3, -0.25) is 9.59 Å². The van der Waals surface area contributed by atoms with Crippen molar-refractivity contribution in [2.24, 2.45) is 5.41 Å². The van der Waals surface area contributed by atoms with Crippen molar-refractivity contribution in [3.8, 4) is 0 Å². The molecular formula is C15H26O4. The molecule has 110 valence electrons. The Labute approximate surface area is 115 Å². The Hall–Kier alpha value is -0.900. The lowest BCUT2D eigenvalue weighted by Crippen LogP contribution is -2.48. The summed E-state index contributed by atoms with van der Waals surface area (Å²) < 4.78 is 5.12. The Bertz CT molecular complexity index is 333. The SMILES string of the molecule is CCOC(=O)C1(CC(O)(CC)CC)CCCCC1=O. The van der Waals surface area contributed by atoms with Crippen LogP contribution in [0.1, 0.15) is 65.7 Å². The average molecular weight is 270 g/mol. The fraction of sp³-hybridized carbons (Fsp3) is 0.867. The average Bonchev–Trinajstić information content (AvgIpc) is 2.41. The molecule has 4 heteroatoms. The minimum atomic E-state index is -1.12. The predicted octanol–water partition coefficient (Wildman–Crippen LogP) is 2.62. The van der Waals surface area contributed by atoms with Crippen molar-refractivity contribution in [3.63, 3.8) is 0 Å². The molecule has 1 N–H and O–H groups in total. The molecule has 4 nitrogen and oxygen atoms in total. The molecule has 0 radical (unpaired) electrons. The number of ether oxygens (including phenoxy) is 1. The standard InChI is InChI=1S/C15H26O4/c1-4-14(18,5-2)11-15(13(17)19-6-3)10-8-7-9-12(15)16/h18H,4-11H2,1-3H3. The second kappa shape index (κ2) is 6.51. The zero-order valence-electron chi connectivity index (χ0n) is 12.3. The van der Waals surface area contributed by atoms with Gasteiger partial charge < -0.3 is 9.84 Å². The molecule has 1 aliphatic carbocycles. The van der Waals surface area contributed by atoms with Crippen LogP contribution in [0.15, 0.2) is 0 Å². The number of hydrogen-bond donors (Lipinski definition) is 1. The van der Waals surface area contributed by atoms with E-state index in [1.807, 2.05) is 13.8 Å². The summed E-state index contributed by atoms with van der Waals surface area (Å²) in [7, 11) is 0. The van der Waals surface area contributed by atoms with Crippen molar-refractivity contribution >= 4 is 11.8 Å². The minimum absolute atomic E-state index is 0.0578. The lowest BCUT2D eigenvalue weighted by molar-refractivity contribution is -0.168. The zero-order chi connectivity index (χ0) is 14.5. The van der Waals surface area contributed by atoms with Gasteiger partial charge in [0.1, 0.15) is 11.2 Å². The number of carbonyl (C=O) groups excluding carboxylic acids is 2. The molecule has 0 heterocycles. The Morgan fingerprint density at radius 1 is 1.32 bits per heavy atom. The highest BCUT2D eigenvalue weighted by molar-refractivity contribution is 6.04. The van der Waals surface area contributed by atoms with Crippen LogP contribution >= 0.6 is 0 Å². The van der Waals surface area contributed by atoms with Crippen LogP contribution in [0.25, 0.3) is 0 Å². The molecule has 1 saturated carbocycles. The quantitative estimate of drug-likeness (QED) is 0.595. The van der Waals surface area contributed by atoms with Gasteiger partial charge in [-0.05, 0) is 39.0 Å². The van der Waals surface area contributed by atoms with Crippen molar-refractivity contribution < 1.29 is 19.4 Å². The summed E-state index contributed by atoms with van der Waals surface area (Å²) in [6.07, 6.45) is 3.88. The first-order valence-corrected chi connectivity index (χ1v) is 7.37. The molecular weight excluding hydrogens is 244 g/mol. The molecule has 0 amide bonds. The molecule has 19 heavy (non-hydrogen) atoms. The Kier molecular flexibility index (Phi) is 5.53. The molecule has 0 bridgehead atoms. The van der Waals surface area contributed by atoms with Crippen LogP contribution in [0.3, 0.4) is 0 Å². The fourth-order valence-corrected chi connectivity index (χ4v) is 2.90. The topological polar surface area (TPSA) is 63.6 Å². The van der Waals surface area contributed by atoms with Crippen molar-refractivity contribution in [3.05, 3.63) is 0 Å². The van der Waals surface area contributed by atoms with Gasteiger partial charge >= 0.3 is 5.97 Å². The number of rotatable bonds is 6. The molecule has 1 fully saturated rings. The first kappa shape index (κ1) is 16.2. The van der Waals surface area contributed by atoms with Crippen LogP contribution in [-0.4, -0.2) is 29.1 Å². The monoisotopic (exact) mass is 270 g/mol. The van der Waals surface area contributed by atoms with Crippen LogP contribution in [-0.2, 0) is 14.3 Å². The lowest BCUT2D eigenvalue weighted by atomic mass is 9.66. The minimum Gasteiger partial charge on any atom is -0.465 e. The van der Waals surface area contributed by atoms with Crippen molar-refractivity contribution in [2.75, 3.05) is 6.61 Å². The number of hydrogen-bond acceptors (Lipinski definition) is 4. The van der Waals surface area contributed by atoms with Crippen LogP contribution < -0.4 is 0 Å². The highest BCUT2D eigenvalue weighted by atomic mass is 16.5. The number of Topliss-reactive ketones (excluding diaryl/α,β-unsaturated/α-hetero) is 1. The van der Waals surface area contributed by atoms with E-state index in [4.69, 9.17) is 4.74 Å². The summed E-state index contributed by atoms with van der Waals surface area (Å²) in [6.45, 7) is 5.78. The maximum Gasteiger partial charge on any atom is 0.319 e. The Morgan fingerprint density at radius 2 is 1.95 bits per heavy atom. The summed E-state index contributed by atoms with van der Waals surface area (Å²) in [6, 6.07) is 0. The predicted molar refractivity (Wildman–Crippen MR) is 72.7 cm³/mol. The van der Waals surface area contributed by atoms with Crippen molar-refractivity contribution in [2.45, 2.75) is 71.3 Å². The van der Waals surface area contributed by atoms with Crippen LogP contribution in [0.5, 0.6) is 0 Å². The van der Waals surface area contributed by atoms with Crippen LogP contribution in [0.2, 0.25) is 0 Å². The highest BCUT2D eigenvalue weighted by Crippen LogP contribution is 2.43. The molecule has 1 aliphatic rings. The molecule has 1 atom stereocenters. The normalized spacial score (nSPS) is 24.3. The molecule has 1 unspecified atom stereocenters. The fourth-order valence-electron chi connectivity index (χ4n) is 2.90. The van der Waals surface area contributed by atoms with Gasteiger partial charge in [-0.2, -0.15) is 0 Å². The van der Waals surface area contributed by atoms with E-state index in [1.54, 1.807) is 6.92 Å². The number of aliphatic hydroxyl groups is 1. The third-order valence-electron chi connectivity index (χ3n) is 4.40. The summed E-state index contributed by atoms with van der Waals surface area (Å²) in [5, 5.41) is 10.5. The van der Waals surface area contributed by atoms with Gasteiger partial charge in [0.2, 0.25) is 0 Å². The van der Waals surface area contributed by atoms with Gasteiger partial charge in [-0.15, -0.1) is 0 Å². The van der Waals surface area contributed by atoms with Gasteiger partial charge in [0.15, 0.2) is 0 Å². The second-order valence-corrected chi connectivity index (χ2v) is 5.54. The third kappa shape index (κ3) is 3.35. The van der Waals surface area contributed by atoms with E-state index in [0.717, 1.165) is 12.8 Å². The third-order valence-corrected chi connectivity index (χ3v) is 4.40. The molecule has 1 rings (SSSR count). The van der Waals surface area contributed by atoms with Gasteiger partial charge in [0.05, 0.1) is 12.2 Å². The van der Waals surface area contributed by atoms with Gasteiger partial charge in [0, 0.05) is 6.42 Å². The highest BCUT2D eigenvalue weighted by Gasteiger charge is 2.51. The van der Waals surface area contributed by atoms with E-state index in [9.17, 15) is 14.7 Å². The van der Waals surface area contributed by atoms with E-state index in [0.29, 0.717) is 25.7 Å². The first-order valence-electron chi connectivity index (χ1n) is 7.37. The molecule has 0 saturated heterocycles. The summed E-state index contributed by atoms with van der Waals surface area (Å²) in [5.41, 5.74) is -2.07. The number of ketones is 1. The Balaban J connectivity index is 3.04. The summed E-state index contributed by atoms with van der Waals surface area (Å²) in [4.78, 5) is 24.6. The summed E-state index contributed by atoms with van der Waals surface area (Å²) in [5.74, 6) is -0.502. The molecule has 0 spiro atoms. The maximum atomic E-state index is 12.3. The molecule has 0 aromatic rings. The molecule has 0 aromatic carbocycles. The molecule has 0 aromatic heterocycles. The Morgan fingerprint density at radius 3 is 2.42 bits per heavy atom. The van der Waals surface area contributed by atoms with Crippen LogP contribution in [0.4, 0.5) is 0 Å². The van der Waals surface area contributed by atoms with E-state index in [1.165, 1.54) is 0 Å². The van der Waals surface area contributed by atoms with Gasteiger partial charge in [0.25, 0.3) is 0 Å². The summed E-state index contributed by atoms with van der Waals surface area (Å²) >= 11 is 0. The maximum absolute atomic E-state index is 12.3. The smallest absolute Gasteiger partial charge is 0.319 e. The number of carbonyl (C=O) groups is 2. The van der Waals surface area contributed by atoms with E-state index >= 15 is 0 Å². The number of esters is 1. The van der Waals surface area contributed by atoms with Crippen molar-refractivity contribution in [1.29, 1.82) is 0 Å². The largest absolute Gasteiger partial charge is 0.465 e. The lowest BCUT2D eigenvalue weighted by Gasteiger charge is -2.39. The zero-order valence-corrected chi connectivity index (χ0v) is 12.3. The van der Waals surface area contributed by atoms with E-state index in [2.05, 4.69) is 0 Å². The van der Waals surface area contributed by atoms with Gasteiger partial charge in [-0.1, -0.05) is 20.3 Å². The van der Waals surface area contributed by atoms with E-state index < -0.39 is 17.0 Å². The van der Waals surface area contributed by atoms with Crippen molar-refractivity contribution in [1.82, 2.24) is 0 Å². The van der Waals surface area contributed by atoms with E-state index in [-0.39, 0.29) is 18.8 Å². The second-order valence-electron chi connectivity index (χ2n) is 5.54. The molecule has 0 aliphatic heterocycles. The van der Waals surface area contributed by atoms with Gasteiger partial charge in [-0.25, -0.2) is 0 Å². The van der Waals surface area contributed by atoms with Crippen LogP contribution in [0, 0.1) is 5.41 Å².